The largest absolute Gasteiger partial charge is 0.314 e. The second-order valence-electron chi connectivity index (χ2n) is 2.60. The van der Waals surface area contributed by atoms with Crippen LogP contribution in [0.1, 0.15) is 0 Å². The van der Waals surface area contributed by atoms with Gasteiger partial charge < -0.3 is 4.57 Å². The minimum absolute atomic E-state index is 0.718. The van der Waals surface area contributed by atoms with E-state index in [-0.39, 0.29) is 0 Å². The average molecular weight is 256 g/mol. The van der Waals surface area contributed by atoms with E-state index in [0.717, 1.165) is 15.2 Å². The molecule has 0 fully saturated rings. The fourth-order valence-corrected chi connectivity index (χ4v) is 1.67. The van der Waals surface area contributed by atoms with Crippen molar-refractivity contribution in [2.45, 2.75) is 0 Å². The van der Waals surface area contributed by atoms with E-state index in [4.69, 9.17) is 11.6 Å². The highest BCUT2D eigenvalue weighted by molar-refractivity contribution is 9.10. The van der Waals surface area contributed by atoms with Gasteiger partial charge in [-0.15, -0.1) is 0 Å². The van der Waals surface area contributed by atoms with E-state index in [1.165, 1.54) is 0 Å². The van der Waals surface area contributed by atoms with E-state index in [1.54, 1.807) is 0 Å². The lowest BCUT2D eigenvalue weighted by Crippen LogP contribution is -1.90. The molecule has 0 bridgehead atoms. The van der Waals surface area contributed by atoms with Crippen molar-refractivity contribution < 1.29 is 0 Å². The van der Waals surface area contributed by atoms with Crippen molar-refractivity contribution in [3.05, 3.63) is 52.2 Å². The number of benzene rings is 1. The van der Waals surface area contributed by atoms with Gasteiger partial charge in [-0.2, -0.15) is 0 Å². The molecule has 65 valence electrons. The van der Waals surface area contributed by atoms with Gasteiger partial charge in [-0.1, -0.05) is 27.5 Å². The Morgan fingerprint density at radius 3 is 2.92 bits per heavy atom. The van der Waals surface area contributed by atoms with Crippen LogP contribution in [0.15, 0.2) is 41.0 Å². The molecular weight excluding hydrogens is 249 g/mol. The van der Waals surface area contributed by atoms with E-state index in [0.29, 0.717) is 0 Å². The molecule has 3 heteroatoms. The van der Waals surface area contributed by atoms with Gasteiger partial charge in [0.05, 0.1) is 16.9 Å². The Bertz CT molecular complexity index is 409. The maximum atomic E-state index is 6.03. The molecule has 0 spiro atoms. The first-order valence-corrected chi connectivity index (χ1v) is 4.95. The summed E-state index contributed by atoms with van der Waals surface area (Å²) < 4.78 is 2.86. The van der Waals surface area contributed by atoms with Crippen molar-refractivity contribution in [2.75, 3.05) is 0 Å². The molecule has 0 aliphatic heterocycles. The zero-order valence-electron chi connectivity index (χ0n) is 6.67. The van der Waals surface area contributed by atoms with Gasteiger partial charge in [-0.25, -0.2) is 0 Å². The number of hydrogen-bond donors (Lipinski definition) is 0. The van der Waals surface area contributed by atoms with Gasteiger partial charge in [0.25, 0.3) is 0 Å². The van der Waals surface area contributed by atoms with Crippen molar-refractivity contribution >= 4 is 27.5 Å². The van der Waals surface area contributed by atoms with Crippen molar-refractivity contribution in [3.63, 3.8) is 0 Å². The minimum atomic E-state index is 0.718. The Morgan fingerprint density at radius 1 is 1.38 bits per heavy atom. The lowest BCUT2D eigenvalue weighted by atomic mass is 10.3. The first-order chi connectivity index (χ1) is 6.27. The topological polar surface area (TPSA) is 4.93 Å². The van der Waals surface area contributed by atoms with Gasteiger partial charge in [0.1, 0.15) is 0 Å². The first-order valence-electron chi connectivity index (χ1n) is 3.78. The van der Waals surface area contributed by atoms with Crippen LogP contribution in [0.4, 0.5) is 0 Å². The standard InChI is InChI=1S/C10H6BrClN/c11-8-3-4-9(12)10(7-8)13-5-1-2-6-13/h1-5,7H. The number of halogens is 2. The molecule has 0 amide bonds. The normalized spacial score (nSPS) is 10.3. The molecule has 0 saturated carbocycles. The summed E-state index contributed by atoms with van der Waals surface area (Å²) >= 11 is 9.42. The molecule has 0 atom stereocenters. The maximum absolute atomic E-state index is 6.03. The van der Waals surface area contributed by atoms with E-state index < -0.39 is 0 Å². The van der Waals surface area contributed by atoms with Gasteiger partial charge >= 0.3 is 0 Å². The van der Waals surface area contributed by atoms with Crippen molar-refractivity contribution in [3.8, 4) is 5.69 Å². The molecule has 2 rings (SSSR count). The summed E-state index contributed by atoms with van der Waals surface area (Å²) in [5.74, 6) is 0. The number of nitrogens with zero attached hydrogens (tertiary/aromatic N) is 1. The van der Waals surface area contributed by atoms with Gasteiger partial charge in [0.2, 0.25) is 0 Å². The first kappa shape index (κ1) is 8.85. The van der Waals surface area contributed by atoms with Crippen LogP contribution in [0.25, 0.3) is 5.69 Å². The lowest BCUT2D eigenvalue weighted by molar-refractivity contribution is 1.07. The Balaban J connectivity index is 2.57. The molecule has 1 aromatic carbocycles. The van der Waals surface area contributed by atoms with Crippen molar-refractivity contribution in [1.29, 1.82) is 0 Å². The summed E-state index contributed by atoms with van der Waals surface area (Å²) in [6.45, 7) is 0. The second-order valence-corrected chi connectivity index (χ2v) is 3.93. The number of rotatable bonds is 1. The van der Waals surface area contributed by atoms with E-state index >= 15 is 0 Å². The zero-order valence-corrected chi connectivity index (χ0v) is 9.01. The third-order valence-corrected chi connectivity index (χ3v) is 2.53. The molecule has 0 unspecified atom stereocenters. The van der Waals surface area contributed by atoms with Crippen molar-refractivity contribution in [1.82, 2.24) is 4.57 Å². The smallest absolute Gasteiger partial charge is 0.0697 e. The van der Waals surface area contributed by atoms with Crippen LogP contribution in [-0.2, 0) is 0 Å². The molecule has 1 aromatic heterocycles. The van der Waals surface area contributed by atoms with E-state index in [9.17, 15) is 0 Å². The molecule has 0 aliphatic carbocycles. The number of hydrogen-bond acceptors (Lipinski definition) is 0. The molecule has 1 heterocycles. The Hall–Kier alpha value is -0.730. The molecule has 1 nitrogen and oxygen atoms in total. The van der Waals surface area contributed by atoms with Gasteiger partial charge in [0.15, 0.2) is 0 Å². The van der Waals surface area contributed by atoms with Crippen LogP contribution in [0.2, 0.25) is 5.02 Å². The van der Waals surface area contributed by atoms with Crippen LogP contribution in [0.5, 0.6) is 0 Å². The predicted octanol–water partition coefficient (Wildman–Crippen LogP) is 3.69. The summed E-state index contributed by atoms with van der Waals surface area (Å²) in [7, 11) is 0. The summed E-state index contributed by atoms with van der Waals surface area (Å²) in [6.07, 6.45) is 4.94. The SMILES string of the molecule is Clc1ccc(Br)cc1-n1[c]ccc1. The highest BCUT2D eigenvalue weighted by Crippen LogP contribution is 2.24. The third kappa shape index (κ3) is 1.79. The molecular formula is C10H6BrClN. The summed E-state index contributed by atoms with van der Waals surface area (Å²) in [5, 5.41) is 0.718. The molecule has 1 radical (unpaired) electrons. The highest BCUT2D eigenvalue weighted by Gasteiger charge is 2.01. The predicted molar refractivity (Wildman–Crippen MR) is 57.3 cm³/mol. The summed E-state index contributed by atoms with van der Waals surface area (Å²) in [6, 6.07) is 9.48. The Morgan fingerprint density at radius 2 is 2.23 bits per heavy atom. The number of aromatic nitrogens is 1. The highest BCUT2D eigenvalue weighted by atomic mass is 79.9. The lowest BCUT2D eigenvalue weighted by Gasteiger charge is -2.04. The summed E-state index contributed by atoms with van der Waals surface area (Å²) in [5.41, 5.74) is 0.932. The van der Waals surface area contributed by atoms with Crippen LogP contribution in [-0.4, -0.2) is 4.57 Å². The molecule has 0 N–H and O–H groups in total. The van der Waals surface area contributed by atoms with Gasteiger partial charge in [-0.3, -0.25) is 0 Å². The van der Waals surface area contributed by atoms with Crippen LogP contribution >= 0.6 is 27.5 Å². The molecule has 0 saturated heterocycles. The average Bonchev–Trinajstić information content (AvgIpc) is 2.61. The van der Waals surface area contributed by atoms with Crippen LogP contribution in [0.3, 0.4) is 0 Å². The molecule has 0 aliphatic rings. The van der Waals surface area contributed by atoms with Gasteiger partial charge in [-0.05, 0) is 30.3 Å². The van der Waals surface area contributed by atoms with Crippen molar-refractivity contribution in [2.24, 2.45) is 0 Å². The quantitative estimate of drug-likeness (QED) is 0.732. The fourth-order valence-electron chi connectivity index (χ4n) is 1.12. The Kier molecular flexibility index (Phi) is 2.42. The van der Waals surface area contributed by atoms with Crippen LogP contribution < -0.4 is 0 Å². The van der Waals surface area contributed by atoms with E-state index in [2.05, 4.69) is 22.1 Å². The monoisotopic (exact) mass is 254 g/mol. The Labute approximate surface area is 90.1 Å². The molecule has 2 aromatic rings. The minimum Gasteiger partial charge on any atom is -0.314 e. The van der Waals surface area contributed by atoms with E-state index in [1.807, 2.05) is 41.1 Å². The van der Waals surface area contributed by atoms with Gasteiger partial charge in [0, 0.05) is 10.7 Å². The fraction of sp³-hybridized carbons (Fsp3) is 0. The zero-order chi connectivity index (χ0) is 9.26. The maximum Gasteiger partial charge on any atom is 0.0697 e. The molecule has 13 heavy (non-hydrogen) atoms. The summed E-state index contributed by atoms with van der Waals surface area (Å²) in [4.78, 5) is 0. The second kappa shape index (κ2) is 3.56. The third-order valence-electron chi connectivity index (χ3n) is 1.71. The van der Waals surface area contributed by atoms with Crippen LogP contribution in [0, 0.1) is 6.20 Å².